The van der Waals surface area contributed by atoms with Crippen molar-refractivity contribution in [2.75, 3.05) is 18.5 Å². The van der Waals surface area contributed by atoms with E-state index in [9.17, 15) is 23.3 Å². The Kier molecular flexibility index (Phi) is 7.33. The van der Waals surface area contributed by atoms with Gasteiger partial charge in [-0.1, -0.05) is 36.4 Å². The van der Waals surface area contributed by atoms with Crippen LogP contribution in [0.15, 0.2) is 64.6 Å². The number of aliphatic carboxylic acids is 1. The molecule has 2 aromatic carbocycles. The third kappa shape index (κ3) is 5.56. The zero-order valence-corrected chi connectivity index (χ0v) is 17.8. The van der Waals surface area contributed by atoms with Gasteiger partial charge in [0.2, 0.25) is 10.0 Å². The Morgan fingerprint density at radius 1 is 1.19 bits per heavy atom. The van der Waals surface area contributed by atoms with Crippen LogP contribution in [0, 0.1) is 16.0 Å². The highest BCUT2D eigenvalue weighted by Crippen LogP contribution is 2.30. The van der Waals surface area contributed by atoms with Gasteiger partial charge in [-0.25, -0.2) is 8.42 Å². The maximum Gasteiger partial charge on any atom is 0.306 e. The monoisotopic (exact) mass is 458 g/mol. The van der Waals surface area contributed by atoms with Crippen LogP contribution < -0.4 is 5.43 Å². The number of hydrogen-bond acceptors (Lipinski definition) is 7. The Balaban J connectivity index is 1.73. The topological polar surface area (TPSA) is 142 Å². The summed E-state index contributed by atoms with van der Waals surface area (Å²) in [7, 11) is -3.99. The second-order valence-corrected chi connectivity index (χ2v) is 9.05. The van der Waals surface area contributed by atoms with Crippen molar-refractivity contribution in [3.05, 3.63) is 70.3 Å². The molecule has 11 heteroatoms. The molecule has 10 nitrogen and oxygen atoms in total. The highest BCUT2D eigenvalue weighted by atomic mass is 32.2. The first kappa shape index (κ1) is 23.1. The van der Waals surface area contributed by atoms with Crippen molar-refractivity contribution in [2.24, 2.45) is 11.0 Å². The third-order valence-electron chi connectivity index (χ3n) is 5.04. The predicted molar refractivity (Wildman–Crippen MR) is 120 cm³/mol. The molecule has 1 aliphatic rings. The van der Waals surface area contributed by atoms with E-state index in [1.807, 2.05) is 36.4 Å². The summed E-state index contributed by atoms with van der Waals surface area (Å²) < 4.78 is 26.9. The Hall–Kier alpha value is -3.57. The van der Waals surface area contributed by atoms with Crippen LogP contribution in [0.3, 0.4) is 0 Å². The minimum Gasteiger partial charge on any atom is -0.481 e. The lowest BCUT2D eigenvalue weighted by atomic mass is 9.99. The van der Waals surface area contributed by atoms with Crippen LogP contribution in [0.1, 0.15) is 18.4 Å². The summed E-state index contributed by atoms with van der Waals surface area (Å²) in [5.74, 6) is -1.54. The van der Waals surface area contributed by atoms with Gasteiger partial charge in [0.25, 0.3) is 5.69 Å². The number of hydrogen-bond donors (Lipinski definition) is 2. The van der Waals surface area contributed by atoms with Gasteiger partial charge in [-0.3, -0.25) is 20.3 Å². The van der Waals surface area contributed by atoms with E-state index in [2.05, 4.69) is 10.5 Å². The van der Waals surface area contributed by atoms with Crippen molar-refractivity contribution in [3.63, 3.8) is 0 Å². The largest absolute Gasteiger partial charge is 0.481 e. The lowest BCUT2D eigenvalue weighted by Gasteiger charge is -2.29. The minimum absolute atomic E-state index is 0.0443. The normalized spacial score (nSPS) is 15.9. The number of nitro benzene ring substituents is 1. The zero-order chi connectivity index (χ0) is 23.1. The summed E-state index contributed by atoms with van der Waals surface area (Å²) in [6.07, 6.45) is 5.29. The molecule has 1 saturated heterocycles. The van der Waals surface area contributed by atoms with Crippen LogP contribution in [0.25, 0.3) is 6.08 Å². The molecule has 1 fully saturated rings. The second kappa shape index (κ2) is 10.2. The first-order valence-electron chi connectivity index (χ1n) is 9.81. The van der Waals surface area contributed by atoms with Crippen molar-refractivity contribution < 1.29 is 23.2 Å². The fraction of sp³-hybridized carbons (Fsp3) is 0.238. The SMILES string of the molecule is O=C(O)C1CCN(S(=O)(=O)c2ccc(N/N=C\C=C\c3ccccc3)c([N+](=O)[O-])c2)CC1. The molecule has 0 radical (unpaired) electrons. The molecule has 0 amide bonds. The molecule has 2 aromatic rings. The summed E-state index contributed by atoms with van der Waals surface area (Å²) in [6, 6.07) is 13.0. The molecule has 168 valence electrons. The first-order chi connectivity index (χ1) is 15.3. The zero-order valence-electron chi connectivity index (χ0n) is 17.0. The number of carboxylic acids is 1. The summed E-state index contributed by atoms with van der Waals surface area (Å²) in [5, 5.41) is 24.5. The van der Waals surface area contributed by atoms with Gasteiger partial charge >= 0.3 is 5.97 Å². The first-order valence-corrected chi connectivity index (χ1v) is 11.3. The Labute approximate surface area is 185 Å². The number of nitrogens with one attached hydrogen (secondary N) is 1. The predicted octanol–water partition coefficient (Wildman–Crippen LogP) is 3.19. The third-order valence-corrected chi connectivity index (χ3v) is 6.94. The number of nitro groups is 1. The van der Waals surface area contributed by atoms with Crippen molar-refractivity contribution >= 4 is 39.7 Å². The molecule has 0 aromatic heterocycles. The van der Waals surface area contributed by atoms with Crippen LogP contribution >= 0.6 is 0 Å². The molecule has 0 saturated carbocycles. The van der Waals surface area contributed by atoms with E-state index in [-0.39, 0.29) is 36.5 Å². The molecule has 1 aliphatic heterocycles. The summed E-state index contributed by atoms with van der Waals surface area (Å²) in [5.41, 5.74) is 3.13. The van der Waals surface area contributed by atoms with E-state index in [0.717, 1.165) is 15.9 Å². The number of benzene rings is 2. The molecule has 0 aliphatic carbocycles. The Morgan fingerprint density at radius 2 is 1.88 bits per heavy atom. The van der Waals surface area contributed by atoms with Crippen LogP contribution in [0.5, 0.6) is 0 Å². The number of anilines is 1. The standard InChI is InChI=1S/C21H22N4O6S/c26-21(27)17-10-13-24(14-11-17)32(30,31)18-8-9-19(20(15-18)25(28)29)23-22-12-4-7-16-5-2-1-3-6-16/h1-9,12,15,17,23H,10-11,13-14H2,(H,26,27)/b7-4+,22-12-. The molecule has 32 heavy (non-hydrogen) atoms. The number of nitrogens with zero attached hydrogens (tertiary/aromatic N) is 3. The van der Waals surface area contributed by atoms with Gasteiger partial charge in [-0.2, -0.15) is 9.41 Å². The molecule has 3 rings (SSSR count). The Bertz CT molecular complexity index is 1140. The maximum atomic E-state index is 12.9. The summed E-state index contributed by atoms with van der Waals surface area (Å²) in [4.78, 5) is 21.7. The second-order valence-electron chi connectivity index (χ2n) is 7.11. The summed E-state index contributed by atoms with van der Waals surface area (Å²) in [6.45, 7) is 0.0935. The van der Waals surface area contributed by atoms with Crippen molar-refractivity contribution in [3.8, 4) is 0 Å². The van der Waals surface area contributed by atoms with Crippen LogP contribution in [0.4, 0.5) is 11.4 Å². The van der Waals surface area contributed by atoms with Crippen LogP contribution in [0.2, 0.25) is 0 Å². The van der Waals surface area contributed by atoms with Gasteiger partial charge in [-0.05, 0) is 36.6 Å². The average Bonchev–Trinajstić information content (AvgIpc) is 2.79. The fourth-order valence-electron chi connectivity index (χ4n) is 3.28. The van der Waals surface area contributed by atoms with Gasteiger partial charge in [0.05, 0.1) is 15.7 Å². The number of carbonyl (C=O) groups is 1. The van der Waals surface area contributed by atoms with E-state index in [0.29, 0.717) is 0 Å². The Morgan fingerprint density at radius 3 is 2.50 bits per heavy atom. The van der Waals surface area contributed by atoms with E-state index in [4.69, 9.17) is 5.11 Å². The lowest BCUT2D eigenvalue weighted by molar-refractivity contribution is -0.384. The highest BCUT2D eigenvalue weighted by molar-refractivity contribution is 7.89. The van der Waals surface area contributed by atoms with Gasteiger partial charge in [0.15, 0.2) is 0 Å². The minimum atomic E-state index is -3.99. The van der Waals surface area contributed by atoms with Crippen LogP contribution in [-0.2, 0) is 14.8 Å². The molecule has 1 heterocycles. The smallest absolute Gasteiger partial charge is 0.306 e. The van der Waals surface area contributed by atoms with Crippen molar-refractivity contribution in [1.29, 1.82) is 0 Å². The average molecular weight is 458 g/mol. The van der Waals surface area contributed by atoms with E-state index >= 15 is 0 Å². The van der Waals surface area contributed by atoms with E-state index in [1.165, 1.54) is 18.3 Å². The van der Waals surface area contributed by atoms with Gasteiger partial charge < -0.3 is 5.11 Å². The molecular weight excluding hydrogens is 436 g/mol. The highest BCUT2D eigenvalue weighted by Gasteiger charge is 2.33. The fourth-order valence-corrected chi connectivity index (χ4v) is 4.77. The number of allylic oxidation sites excluding steroid dienone is 1. The molecule has 0 spiro atoms. The lowest BCUT2D eigenvalue weighted by Crippen LogP contribution is -2.40. The quantitative estimate of drug-likeness (QED) is 0.351. The van der Waals surface area contributed by atoms with E-state index in [1.54, 1.807) is 6.08 Å². The molecule has 0 unspecified atom stereocenters. The molecule has 2 N–H and O–H groups in total. The molecule has 0 atom stereocenters. The number of piperidine rings is 1. The van der Waals surface area contributed by atoms with Gasteiger partial charge in [0, 0.05) is 25.4 Å². The van der Waals surface area contributed by atoms with Gasteiger partial charge in [-0.15, -0.1) is 0 Å². The molecular formula is C21H22N4O6S. The number of carboxylic acid groups (broad SMARTS) is 1. The number of sulfonamides is 1. The maximum absolute atomic E-state index is 12.9. The van der Waals surface area contributed by atoms with Crippen LogP contribution in [-0.4, -0.2) is 48.0 Å². The van der Waals surface area contributed by atoms with Crippen molar-refractivity contribution in [1.82, 2.24) is 4.31 Å². The van der Waals surface area contributed by atoms with E-state index < -0.39 is 32.5 Å². The number of rotatable bonds is 8. The van der Waals surface area contributed by atoms with Gasteiger partial charge in [0.1, 0.15) is 5.69 Å². The number of hydrazone groups is 1. The van der Waals surface area contributed by atoms with Crippen molar-refractivity contribution in [2.45, 2.75) is 17.7 Å². The summed E-state index contributed by atoms with van der Waals surface area (Å²) >= 11 is 0. The molecule has 0 bridgehead atoms.